The highest BCUT2D eigenvalue weighted by Gasteiger charge is 2.16. The van der Waals surface area contributed by atoms with Crippen LogP contribution >= 0.6 is 0 Å². The molecule has 22 heavy (non-hydrogen) atoms. The average molecular weight is 305 g/mol. The van der Waals surface area contributed by atoms with Gasteiger partial charge < -0.3 is 19.7 Å². The molecule has 2 rings (SSSR count). The summed E-state index contributed by atoms with van der Waals surface area (Å²) in [5.41, 5.74) is 0.732. The predicted octanol–water partition coefficient (Wildman–Crippen LogP) is 1.38. The minimum Gasteiger partial charge on any atom is -0.508 e. The molecule has 0 aliphatic rings. The number of ether oxygens (including phenoxy) is 1. The number of carbonyl (C=O) groups excluding carboxylic acids is 1. The van der Waals surface area contributed by atoms with Gasteiger partial charge in [-0.15, -0.1) is 0 Å². The highest BCUT2D eigenvalue weighted by atomic mass is 16.5. The van der Waals surface area contributed by atoms with Gasteiger partial charge in [0.05, 0.1) is 13.0 Å². The number of benzene rings is 1. The van der Waals surface area contributed by atoms with Crippen molar-refractivity contribution >= 4 is 5.91 Å². The molecule has 7 heteroatoms. The second-order valence-electron chi connectivity index (χ2n) is 4.93. The van der Waals surface area contributed by atoms with Crippen LogP contribution in [0.3, 0.4) is 0 Å². The SMILES string of the molecule is COCCc1noc([C@@H](C)NC(=O)Cc2cccc(O)c2)n1. The van der Waals surface area contributed by atoms with E-state index in [1.54, 1.807) is 38.3 Å². The number of rotatable bonds is 7. The van der Waals surface area contributed by atoms with Crippen LogP contribution in [-0.2, 0) is 22.4 Å². The van der Waals surface area contributed by atoms with Gasteiger partial charge in [-0.2, -0.15) is 4.98 Å². The lowest BCUT2D eigenvalue weighted by Gasteiger charge is -2.09. The summed E-state index contributed by atoms with van der Waals surface area (Å²) >= 11 is 0. The van der Waals surface area contributed by atoms with Gasteiger partial charge in [-0.05, 0) is 24.6 Å². The molecule has 1 heterocycles. The summed E-state index contributed by atoms with van der Waals surface area (Å²) in [5.74, 6) is 0.856. The summed E-state index contributed by atoms with van der Waals surface area (Å²) in [6.45, 7) is 2.28. The van der Waals surface area contributed by atoms with Crippen molar-refractivity contribution in [2.75, 3.05) is 13.7 Å². The Morgan fingerprint density at radius 2 is 2.32 bits per heavy atom. The number of aromatic nitrogens is 2. The van der Waals surface area contributed by atoms with Gasteiger partial charge in [-0.25, -0.2) is 0 Å². The molecule has 1 aromatic heterocycles. The first-order chi connectivity index (χ1) is 10.6. The first-order valence-electron chi connectivity index (χ1n) is 6.97. The van der Waals surface area contributed by atoms with E-state index in [0.29, 0.717) is 24.7 Å². The molecule has 0 unspecified atom stereocenters. The number of methoxy groups -OCH3 is 1. The monoisotopic (exact) mass is 305 g/mol. The van der Waals surface area contributed by atoms with Crippen LogP contribution in [0.1, 0.15) is 30.2 Å². The Morgan fingerprint density at radius 1 is 1.50 bits per heavy atom. The van der Waals surface area contributed by atoms with E-state index in [2.05, 4.69) is 15.5 Å². The Kier molecular flexibility index (Phi) is 5.48. The van der Waals surface area contributed by atoms with Crippen LogP contribution in [0.15, 0.2) is 28.8 Å². The summed E-state index contributed by atoms with van der Waals surface area (Å²) in [6.07, 6.45) is 0.730. The molecule has 0 saturated heterocycles. The summed E-state index contributed by atoms with van der Waals surface area (Å²) in [5, 5.41) is 16.0. The third-order valence-electron chi connectivity index (χ3n) is 3.04. The van der Waals surface area contributed by atoms with Crippen molar-refractivity contribution in [3.8, 4) is 5.75 Å². The maximum Gasteiger partial charge on any atom is 0.248 e. The lowest BCUT2D eigenvalue weighted by Crippen LogP contribution is -2.28. The second kappa shape index (κ2) is 7.56. The van der Waals surface area contributed by atoms with E-state index < -0.39 is 0 Å². The fraction of sp³-hybridized carbons (Fsp3) is 0.400. The number of aromatic hydroxyl groups is 1. The molecule has 0 aliphatic heterocycles. The largest absolute Gasteiger partial charge is 0.508 e. The number of carbonyl (C=O) groups is 1. The van der Waals surface area contributed by atoms with Gasteiger partial charge in [-0.3, -0.25) is 4.79 Å². The van der Waals surface area contributed by atoms with Crippen molar-refractivity contribution < 1.29 is 19.2 Å². The maximum atomic E-state index is 12.0. The van der Waals surface area contributed by atoms with Crippen LogP contribution in [0, 0.1) is 0 Å². The summed E-state index contributed by atoms with van der Waals surface area (Å²) in [6, 6.07) is 6.21. The topological polar surface area (TPSA) is 97.5 Å². The minimum atomic E-state index is -0.381. The molecule has 1 atom stereocenters. The van der Waals surface area contributed by atoms with Crippen LogP contribution in [-0.4, -0.2) is 34.9 Å². The number of hydrogen-bond donors (Lipinski definition) is 2. The van der Waals surface area contributed by atoms with E-state index in [1.165, 1.54) is 0 Å². The van der Waals surface area contributed by atoms with Gasteiger partial charge in [0, 0.05) is 13.5 Å². The Bertz CT molecular complexity index is 627. The van der Waals surface area contributed by atoms with Crippen LogP contribution in [0.5, 0.6) is 5.75 Å². The highest BCUT2D eigenvalue weighted by Crippen LogP contribution is 2.13. The molecule has 0 spiro atoms. The normalized spacial score (nSPS) is 12.1. The zero-order chi connectivity index (χ0) is 15.9. The van der Waals surface area contributed by atoms with Crippen molar-refractivity contribution in [1.29, 1.82) is 0 Å². The van der Waals surface area contributed by atoms with Gasteiger partial charge in [0.15, 0.2) is 5.82 Å². The number of nitrogens with zero attached hydrogens (tertiary/aromatic N) is 2. The number of phenols is 1. The third kappa shape index (κ3) is 4.56. The van der Waals surface area contributed by atoms with Crippen molar-refractivity contribution in [2.24, 2.45) is 0 Å². The molecule has 0 radical (unpaired) electrons. The molecule has 0 aliphatic carbocycles. The van der Waals surface area contributed by atoms with Gasteiger partial charge in [0.25, 0.3) is 0 Å². The molecule has 118 valence electrons. The van der Waals surface area contributed by atoms with E-state index in [-0.39, 0.29) is 24.1 Å². The van der Waals surface area contributed by atoms with Crippen molar-refractivity contribution in [2.45, 2.75) is 25.8 Å². The zero-order valence-electron chi connectivity index (χ0n) is 12.6. The summed E-state index contributed by atoms with van der Waals surface area (Å²) in [4.78, 5) is 16.2. The van der Waals surface area contributed by atoms with Gasteiger partial charge in [-0.1, -0.05) is 17.3 Å². The maximum absolute atomic E-state index is 12.0. The van der Waals surface area contributed by atoms with Gasteiger partial charge in [0.2, 0.25) is 11.8 Å². The van der Waals surface area contributed by atoms with Crippen LogP contribution in [0.2, 0.25) is 0 Å². The molecule has 0 fully saturated rings. The van der Waals surface area contributed by atoms with E-state index in [1.807, 2.05) is 0 Å². The Hall–Kier alpha value is -2.41. The molecule has 2 N–H and O–H groups in total. The van der Waals surface area contributed by atoms with E-state index in [4.69, 9.17) is 9.26 Å². The zero-order valence-corrected chi connectivity index (χ0v) is 12.6. The van der Waals surface area contributed by atoms with Crippen LogP contribution < -0.4 is 5.32 Å². The second-order valence-corrected chi connectivity index (χ2v) is 4.93. The fourth-order valence-corrected chi connectivity index (χ4v) is 1.94. The smallest absolute Gasteiger partial charge is 0.248 e. The molecular weight excluding hydrogens is 286 g/mol. The van der Waals surface area contributed by atoms with Crippen LogP contribution in [0.4, 0.5) is 0 Å². The van der Waals surface area contributed by atoms with Crippen LogP contribution in [0.25, 0.3) is 0 Å². The molecule has 1 amide bonds. The standard InChI is InChI=1S/C15H19N3O4/c1-10(15-17-13(18-22-15)6-7-21-2)16-14(20)9-11-4-3-5-12(19)8-11/h3-5,8,10,19H,6-7,9H2,1-2H3,(H,16,20)/t10-/m1/s1. The van der Waals surface area contributed by atoms with E-state index in [9.17, 15) is 9.90 Å². The Morgan fingerprint density at radius 3 is 3.05 bits per heavy atom. The number of nitrogens with one attached hydrogen (secondary N) is 1. The molecule has 0 bridgehead atoms. The lowest BCUT2D eigenvalue weighted by atomic mass is 10.1. The average Bonchev–Trinajstić information content (AvgIpc) is 2.94. The summed E-state index contributed by atoms with van der Waals surface area (Å²) in [7, 11) is 1.60. The quantitative estimate of drug-likeness (QED) is 0.802. The number of hydrogen-bond acceptors (Lipinski definition) is 6. The molecule has 0 saturated carbocycles. The molecular formula is C15H19N3O4. The van der Waals surface area contributed by atoms with Crippen molar-refractivity contribution in [3.63, 3.8) is 0 Å². The lowest BCUT2D eigenvalue weighted by molar-refractivity contribution is -0.121. The summed E-state index contributed by atoms with van der Waals surface area (Å²) < 4.78 is 10.1. The van der Waals surface area contributed by atoms with Gasteiger partial charge in [0.1, 0.15) is 11.8 Å². The van der Waals surface area contributed by atoms with E-state index >= 15 is 0 Å². The fourth-order valence-electron chi connectivity index (χ4n) is 1.94. The highest BCUT2D eigenvalue weighted by molar-refractivity contribution is 5.78. The molecule has 7 nitrogen and oxygen atoms in total. The first kappa shape index (κ1) is 16.0. The first-order valence-corrected chi connectivity index (χ1v) is 6.97. The predicted molar refractivity (Wildman–Crippen MR) is 78.2 cm³/mol. The Labute approximate surface area is 128 Å². The third-order valence-corrected chi connectivity index (χ3v) is 3.04. The van der Waals surface area contributed by atoms with Gasteiger partial charge >= 0.3 is 0 Å². The Balaban J connectivity index is 1.89. The molecule has 2 aromatic rings. The number of amides is 1. The number of phenolic OH excluding ortho intramolecular Hbond substituents is 1. The van der Waals surface area contributed by atoms with Crippen molar-refractivity contribution in [3.05, 3.63) is 41.5 Å². The van der Waals surface area contributed by atoms with E-state index in [0.717, 1.165) is 5.56 Å². The minimum absolute atomic E-state index is 0.137. The van der Waals surface area contributed by atoms with Crippen molar-refractivity contribution in [1.82, 2.24) is 15.5 Å². The molecule has 1 aromatic carbocycles.